The topological polar surface area (TPSA) is 285 Å². The van der Waals surface area contributed by atoms with Gasteiger partial charge in [0.25, 0.3) is 6.47 Å². The number of likely N-dealkylation sites (tertiary alicyclic amines) is 3. The van der Waals surface area contributed by atoms with Gasteiger partial charge in [0, 0.05) is 5.69 Å². The Balaban J connectivity index is 0.000000100. The summed E-state index contributed by atoms with van der Waals surface area (Å²) in [6.45, 7) is 7.37. The number of esters is 2. The minimum Gasteiger partial charge on any atom is -0.460 e. The monoisotopic (exact) mass is 1720 g/mol. The number of amides is 7. The van der Waals surface area contributed by atoms with Gasteiger partial charge in [-0.05, 0) is 138 Å². The van der Waals surface area contributed by atoms with Gasteiger partial charge in [-0.1, -0.05) is 248 Å². The third-order valence-electron chi connectivity index (χ3n) is 26.1. The summed E-state index contributed by atoms with van der Waals surface area (Å²) >= 11 is 0. The van der Waals surface area contributed by atoms with E-state index < -0.39 is 12.0 Å². The number of imide groups is 3. The first kappa shape index (κ1) is 84.1. The highest BCUT2D eigenvalue weighted by molar-refractivity contribution is 6.08. The van der Waals surface area contributed by atoms with Crippen LogP contribution in [-0.4, -0.2) is 154 Å². The van der Waals surface area contributed by atoms with Gasteiger partial charge in [0.05, 0.1) is 134 Å². The van der Waals surface area contributed by atoms with E-state index in [0.29, 0.717) is 49.8 Å². The van der Waals surface area contributed by atoms with Crippen molar-refractivity contribution in [2.45, 2.75) is 133 Å². The average molecular weight is 1720 g/mol. The normalized spacial score (nSPS) is 29.8. The lowest BCUT2D eigenvalue weighted by atomic mass is 9.85. The van der Waals surface area contributed by atoms with E-state index in [1.165, 1.54) is 14.7 Å². The second kappa shape index (κ2) is 36.1. The smallest absolute Gasteiger partial charge is 0.317 e. The van der Waals surface area contributed by atoms with E-state index in [9.17, 15) is 47.9 Å². The Morgan fingerprint density at radius 2 is 0.719 bits per heavy atom. The summed E-state index contributed by atoms with van der Waals surface area (Å²) in [5.74, 6) is -1.35. The molecule has 22 unspecified atom stereocenters. The van der Waals surface area contributed by atoms with Crippen LogP contribution >= 0.6 is 0 Å². The number of aryl methyl sites for hydroxylation is 3. The van der Waals surface area contributed by atoms with Gasteiger partial charge in [-0.3, -0.25) is 62.6 Å². The Kier molecular flexibility index (Phi) is 23.7. The number of hydrogen-bond acceptors (Lipinski definition) is 20. The quantitative estimate of drug-likeness (QED) is 0.0291. The molecule has 0 spiro atoms. The molecule has 0 radical (unpaired) electrons. The van der Waals surface area contributed by atoms with E-state index in [2.05, 4.69) is 23.5 Å². The highest BCUT2D eigenvalue weighted by Crippen LogP contribution is 2.49. The predicted octanol–water partition coefficient (Wildman–Crippen LogP) is 13.9. The fourth-order valence-corrected chi connectivity index (χ4v) is 19.9. The molecule has 22 atom stereocenters. The van der Waals surface area contributed by atoms with Gasteiger partial charge in [0.15, 0.2) is 0 Å². The number of hydrogen-bond donors (Lipinski definition) is 1. The lowest BCUT2D eigenvalue weighted by Crippen LogP contribution is -2.40. The standard InChI is InChI=1S/C21H17NO3.C19H15NO3.C19H16O4.C17H19NO4.C15H13NO3.C13H12O3/c23-20-18-16-10-11-17(25-16)19(18)21(24)22(20)12-13-6-8-15(9-7-13)14-4-2-1-3-5-14;21-18-16-14-7-8-15(23-14)17(16)19(22)20(18)10-11-5-6-12-3-1-2-4-13(12)9-11;20-19(17-12-16-10-11-18(17)22-16)23-15-8-6-14(7-9-15)21-13-4-2-1-3-5-13;1-9-6-10(2)15(11(3)7-9)18-17(20)14-12-4-5-13(22-12)16(14)21-8-19;17-14-12-10-6-7-11(19-10)13(12)15(18)16(14)8-9-4-2-1-3-5-9;14-13(16-9-4-2-1-3-5-9)11-8-10-6-7-12(11)15-10/h1-11,16-19H,12H2;1-9,14-17H,10H2;1-11,16-18H,12H2;4-8,12-14,16H,1-3H3,(H,18,20);1-7,10-13H,8H2;1-7,10-12H,8H2. The summed E-state index contributed by atoms with van der Waals surface area (Å²) in [5, 5.41) is 5.25. The molecule has 9 fully saturated rings. The molecule has 24 nitrogen and oxygen atoms in total. The molecule has 1 N–H and O–H groups in total. The molecule has 15 aliphatic rings. The lowest BCUT2D eigenvalue weighted by Gasteiger charge is -2.23. The first-order valence-corrected chi connectivity index (χ1v) is 43.4. The van der Waals surface area contributed by atoms with E-state index in [0.717, 1.165) is 73.1 Å². The van der Waals surface area contributed by atoms with Crippen molar-refractivity contribution < 1.29 is 95.3 Å². The number of ether oxygens (including phenoxy) is 10. The van der Waals surface area contributed by atoms with Gasteiger partial charge in [0.1, 0.15) is 41.1 Å². The molecule has 12 bridgehead atoms. The van der Waals surface area contributed by atoms with Crippen molar-refractivity contribution in [2.75, 3.05) is 5.32 Å². The highest BCUT2D eigenvalue weighted by atomic mass is 16.6. The van der Waals surface area contributed by atoms with Crippen LogP contribution in [-0.2, 0) is 101 Å². The number of rotatable bonds is 17. The molecule has 15 heterocycles. The molecule has 9 aromatic carbocycles. The lowest BCUT2D eigenvalue weighted by molar-refractivity contribution is -0.144. The first-order chi connectivity index (χ1) is 62.3. The fourth-order valence-electron chi connectivity index (χ4n) is 19.9. The van der Waals surface area contributed by atoms with Crippen molar-refractivity contribution in [2.24, 2.45) is 53.3 Å². The van der Waals surface area contributed by atoms with Crippen LogP contribution in [0.2, 0.25) is 0 Å². The van der Waals surface area contributed by atoms with Gasteiger partial charge >= 0.3 is 11.9 Å². The Hall–Kier alpha value is -13.5. The Morgan fingerprint density at radius 3 is 1.17 bits per heavy atom. The SMILES string of the molecule is Cc1cc(C)c(NC(=O)C2C3C=CC(O3)C2OC=O)c(C)c1.O=C(Oc1ccc(Oc2ccccc2)cc1)C1CC2C=CC1O2.O=C(Oc1ccccc1)C1CC2C=CC1O2.O=C1C2C3C=CC(O3)C2C(=O)N1Cc1ccc(-c2ccccc2)cc1.O=C1C2C3C=CC(O3)C2C(=O)N1Cc1ccc2ccccc2c1.O=C1C2C3C=CC(O3)C2C(=O)N1Cc1ccccc1. The number of carbonyl (C=O) groups is 10. The van der Waals surface area contributed by atoms with Crippen molar-refractivity contribution in [1.29, 1.82) is 0 Å². The van der Waals surface area contributed by atoms with E-state index >= 15 is 0 Å². The van der Waals surface area contributed by atoms with Crippen molar-refractivity contribution >= 4 is 76.2 Å². The summed E-state index contributed by atoms with van der Waals surface area (Å²) in [5.41, 5.74) is 9.18. The van der Waals surface area contributed by atoms with Crippen LogP contribution in [0.5, 0.6) is 23.0 Å². The molecule has 7 amide bonds. The minimum atomic E-state index is -0.557. The number of para-hydroxylation sites is 2. The largest absolute Gasteiger partial charge is 0.460 e. The van der Waals surface area contributed by atoms with E-state index in [4.69, 9.17) is 47.4 Å². The van der Waals surface area contributed by atoms with Crippen molar-refractivity contribution in [3.05, 3.63) is 331 Å². The molecule has 24 rings (SSSR count). The zero-order valence-electron chi connectivity index (χ0n) is 70.1. The maximum absolute atomic E-state index is 12.7. The van der Waals surface area contributed by atoms with E-state index in [-0.39, 0.29) is 174 Å². The maximum atomic E-state index is 12.7. The van der Waals surface area contributed by atoms with Gasteiger partial charge in [-0.2, -0.15) is 0 Å². The third kappa shape index (κ3) is 16.9. The van der Waals surface area contributed by atoms with Crippen molar-refractivity contribution in [1.82, 2.24) is 14.7 Å². The molecular formula is C104H92N4O20. The Labute approximate surface area is 738 Å². The molecule has 24 heteroatoms. The summed E-state index contributed by atoms with van der Waals surface area (Å²) in [6, 6.07) is 71.7. The van der Waals surface area contributed by atoms with Crippen LogP contribution in [0, 0.1) is 74.0 Å². The number of anilines is 1. The second-order valence-electron chi connectivity index (χ2n) is 34.2. The molecule has 128 heavy (non-hydrogen) atoms. The molecule has 0 aromatic heterocycles. The van der Waals surface area contributed by atoms with Gasteiger partial charge < -0.3 is 52.7 Å². The van der Waals surface area contributed by atoms with Gasteiger partial charge in [-0.15, -0.1) is 0 Å². The average Bonchev–Trinajstić information content (AvgIpc) is 1.58. The molecule has 15 aliphatic heterocycles. The minimum absolute atomic E-state index is 0.0687. The molecule has 0 saturated carbocycles. The van der Waals surface area contributed by atoms with Crippen LogP contribution in [0.3, 0.4) is 0 Å². The van der Waals surface area contributed by atoms with Crippen LogP contribution in [0.15, 0.2) is 297 Å². The van der Waals surface area contributed by atoms with Crippen LogP contribution in [0.4, 0.5) is 5.69 Å². The van der Waals surface area contributed by atoms with E-state index in [1.54, 1.807) is 36.4 Å². The number of benzene rings is 9. The predicted molar refractivity (Wildman–Crippen MR) is 467 cm³/mol. The summed E-state index contributed by atoms with van der Waals surface area (Å²) in [7, 11) is 0. The molecular weight excluding hydrogens is 1630 g/mol. The number of nitrogens with zero attached hydrogens (tertiary/aromatic N) is 3. The van der Waals surface area contributed by atoms with Crippen LogP contribution < -0.4 is 19.5 Å². The summed E-state index contributed by atoms with van der Waals surface area (Å²) in [4.78, 5) is 127. The first-order valence-electron chi connectivity index (χ1n) is 43.4. The maximum Gasteiger partial charge on any atom is 0.317 e. The van der Waals surface area contributed by atoms with Gasteiger partial charge in [0.2, 0.25) is 41.4 Å². The fraction of sp³-hybridized carbons (Fsp3) is 0.288. The van der Waals surface area contributed by atoms with Gasteiger partial charge in [-0.25, -0.2) is 0 Å². The summed E-state index contributed by atoms with van der Waals surface area (Å²) in [6.07, 6.45) is 22.0. The zero-order valence-corrected chi connectivity index (χ0v) is 70.1. The number of nitrogens with one attached hydrogen (secondary N) is 1. The number of fused-ring (bicyclic) bond motifs is 22. The molecule has 648 valence electrons. The van der Waals surface area contributed by atoms with E-state index in [1.807, 2.05) is 264 Å². The Bertz CT molecular complexity index is 5870. The molecule has 0 aliphatic carbocycles. The third-order valence-corrected chi connectivity index (χ3v) is 26.1. The van der Waals surface area contributed by atoms with Crippen LogP contribution in [0.25, 0.3) is 21.9 Å². The molecule has 9 saturated heterocycles. The number of carbonyl (C=O) groups excluding carboxylic acids is 10. The van der Waals surface area contributed by atoms with Crippen LogP contribution in [0.1, 0.15) is 46.2 Å². The second-order valence-corrected chi connectivity index (χ2v) is 34.2. The molecule has 9 aromatic rings. The van der Waals surface area contributed by atoms with Crippen molar-refractivity contribution in [3.63, 3.8) is 0 Å². The highest BCUT2D eigenvalue weighted by Gasteiger charge is 2.63. The van der Waals surface area contributed by atoms with Crippen molar-refractivity contribution in [3.8, 4) is 34.1 Å². The summed E-state index contributed by atoms with van der Waals surface area (Å²) < 4.78 is 55.2. The zero-order chi connectivity index (χ0) is 88.0. The Morgan fingerprint density at radius 1 is 0.359 bits per heavy atom.